The minimum absolute atomic E-state index is 0.503. The lowest BCUT2D eigenvalue weighted by Gasteiger charge is -2.14. The van der Waals surface area contributed by atoms with Gasteiger partial charge in [-0.1, -0.05) is 107 Å². The summed E-state index contributed by atoms with van der Waals surface area (Å²) in [4.78, 5) is 0. The van der Waals surface area contributed by atoms with Gasteiger partial charge in [-0.15, -0.1) is 0 Å². The molecule has 0 aromatic heterocycles. The van der Waals surface area contributed by atoms with Crippen molar-refractivity contribution in [3.63, 3.8) is 0 Å². The first-order valence-electron chi connectivity index (χ1n) is 13.5. The van der Waals surface area contributed by atoms with Crippen LogP contribution in [0.3, 0.4) is 0 Å². The van der Waals surface area contributed by atoms with Gasteiger partial charge in [0.05, 0.1) is 12.2 Å². The Morgan fingerprint density at radius 1 is 0.667 bits per heavy atom. The summed E-state index contributed by atoms with van der Waals surface area (Å²) < 4.78 is 44.4. The molecule has 0 atom stereocenters. The quantitative estimate of drug-likeness (QED) is 0.198. The summed E-state index contributed by atoms with van der Waals surface area (Å²) in [5, 5.41) is 5.59. The molecule has 1 N–H and O–H groups in total. The number of rotatable bonds is 16. The standard InChI is InChI=1S/C31H40F3NO/c1-2-3-4-5-6-7-8-9-10-13-22-36-30-21-18-26(28-14-11-12-15-29(28)30)24-35-23-25-16-19-27(20-17-25)31(32,33)34/h11-12,14-21,35H,2-10,13,22-24H2,1H3. The predicted octanol–water partition coefficient (Wildman–Crippen LogP) is 9.45. The molecular weight excluding hydrogens is 459 g/mol. The second-order valence-electron chi connectivity index (χ2n) is 9.60. The fourth-order valence-electron chi connectivity index (χ4n) is 4.54. The summed E-state index contributed by atoms with van der Waals surface area (Å²) in [5.74, 6) is 0.910. The largest absolute Gasteiger partial charge is 0.493 e. The topological polar surface area (TPSA) is 21.3 Å². The minimum Gasteiger partial charge on any atom is -0.493 e. The Balaban J connectivity index is 1.43. The molecule has 0 radical (unpaired) electrons. The first kappa shape index (κ1) is 28.0. The molecule has 0 unspecified atom stereocenters. The fourth-order valence-corrected chi connectivity index (χ4v) is 4.54. The molecule has 0 aliphatic carbocycles. The Hall–Kier alpha value is -2.53. The van der Waals surface area contributed by atoms with Gasteiger partial charge in [0, 0.05) is 18.5 Å². The third-order valence-corrected chi connectivity index (χ3v) is 6.66. The number of unbranched alkanes of at least 4 members (excludes halogenated alkanes) is 9. The maximum Gasteiger partial charge on any atom is 0.416 e. The van der Waals surface area contributed by atoms with Crippen molar-refractivity contribution in [2.45, 2.75) is 90.4 Å². The minimum atomic E-state index is -4.30. The van der Waals surface area contributed by atoms with Crippen LogP contribution in [0.1, 0.15) is 87.8 Å². The molecule has 36 heavy (non-hydrogen) atoms. The lowest BCUT2D eigenvalue weighted by atomic mass is 10.0. The molecule has 0 bridgehead atoms. The van der Waals surface area contributed by atoms with Gasteiger partial charge in [-0.3, -0.25) is 0 Å². The van der Waals surface area contributed by atoms with Crippen molar-refractivity contribution in [2.24, 2.45) is 0 Å². The maximum atomic E-state index is 12.8. The molecule has 5 heteroatoms. The normalized spacial score (nSPS) is 11.8. The van der Waals surface area contributed by atoms with Gasteiger partial charge >= 0.3 is 6.18 Å². The van der Waals surface area contributed by atoms with Crippen molar-refractivity contribution in [1.82, 2.24) is 5.32 Å². The number of benzene rings is 3. The van der Waals surface area contributed by atoms with Gasteiger partial charge in [0.2, 0.25) is 0 Å². The number of hydrogen-bond donors (Lipinski definition) is 1. The molecule has 0 aliphatic rings. The van der Waals surface area contributed by atoms with Gasteiger partial charge in [-0.25, -0.2) is 0 Å². The van der Waals surface area contributed by atoms with E-state index in [0.29, 0.717) is 13.1 Å². The molecule has 0 amide bonds. The number of nitrogens with one attached hydrogen (secondary N) is 1. The molecule has 196 valence electrons. The third kappa shape index (κ3) is 9.16. The Morgan fingerprint density at radius 3 is 1.92 bits per heavy atom. The van der Waals surface area contributed by atoms with E-state index < -0.39 is 11.7 Å². The average molecular weight is 500 g/mol. The molecule has 0 saturated heterocycles. The Labute approximate surface area is 214 Å². The highest BCUT2D eigenvalue weighted by atomic mass is 19.4. The van der Waals surface area contributed by atoms with E-state index in [9.17, 15) is 13.2 Å². The molecule has 3 aromatic carbocycles. The molecule has 0 fully saturated rings. The van der Waals surface area contributed by atoms with Crippen LogP contribution in [0.2, 0.25) is 0 Å². The summed E-state index contributed by atoms with van der Waals surface area (Å²) >= 11 is 0. The lowest BCUT2D eigenvalue weighted by molar-refractivity contribution is -0.137. The predicted molar refractivity (Wildman–Crippen MR) is 143 cm³/mol. The monoisotopic (exact) mass is 499 g/mol. The summed E-state index contributed by atoms with van der Waals surface area (Å²) in [6.45, 7) is 4.11. The van der Waals surface area contributed by atoms with E-state index in [2.05, 4.69) is 30.4 Å². The summed E-state index contributed by atoms with van der Waals surface area (Å²) in [6.07, 6.45) is 8.73. The van der Waals surface area contributed by atoms with Crippen LogP contribution in [0.25, 0.3) is 10.8 Å². The molecule has 0 spiro atoms. The van der Waals surface area contributed by atoms with Crippen LogP contribution < -0.4 is 10.1 Å². The highest BCUT2D eigenvalue weighted by Gasteiger charge is 2.29. The van der Waals surface area contributed by atoms with Gasteiger partial charge in [-0.2, -0.15) is 13.2 Å². The van der Waals surface area contributed by atoms with Crippen LogP contribution in [0.5, 0.6) is 5.75 Å². The number of fused-ring (bicyclic) bond motifs is 1. The fraction of sp³-hybridized carbons (Fsp3) is 0.484. The zero-order valence-corrected chi connectivity index (χ0v) is 21.5. The molecule has 0 heterocycles. The van der Waals surface area contributed by atoms with Crippen LogP contribution in [-0.4, -0.2) is 6.61 Å². The number of halogens is 3. The maximum absolute atomic E-state index is 12.8. The van der Waals surface area contributed by atoms with Crippen molar-refractivity contribution in [2.75, 3.05) is 6.61 Å². The smallest absolute Gasteiger partial charge is 0.416 e. The van der Waals surface area contributed by atoms with Crippen molar-refractivity contribution < 1.29 is 17.9 Å². The van der Waals surface area contributed by atoms with Crippen LogP contribution in [-0.2, 0) is 19.3 Å². The molecule has 0 saturated carbocycles. The number of hydrogen-bond acceptors (Lipinski definition) is 2. The highest BCUT2D eigenvalue weighted by Crippen LogP contribution is 2.30. The van der Waals surface area contributed by atoms with Crippen molar-refractivity contribution in [3.05, 3.63) is 77.4 Å². The zero-order chi connectivity index (χ0) is 25.6. The summed E-state index contributed by atoms with van der Waals surface area (Å²) in [7, 11) is 0. The van der Waals surface area contributed by atoms with Gasteiger partial charge in [-0.05, 0) is 41.1 Å². The van der Waals surface area contributed by atoms with E-state index in [1.165, 1.54) is 69.9 Å². The van der Waals surface area contributed by atoms with Gasteiger partial charge < -0.3 is 10.1 Å². The van der Waals surface area contributed by atoms with E-state index in [0.717, 1.165) is 52.8 Å². The zero-order valence-electron chi connectivity index (χ0n) is 21.5. The first-order valence-corrected chi connectivity index (χ1v) is 13.5. The third-order valence-electron chi connectivity index (χ3n) is 6.66. The van der Waals surface area contributed by atoms with E-state index in [1.807, 2.05) is 18.2 Å². The van der Waals surface area contributed by atoms with Crippen LogP contribution in [0, 0.1) is 0 Å². The van der Waals surface area contributed by atoms with Gasteiger partial charge in [0.25, 0.3) is 0 Å². The average Bonchev–Trinajstić information content (AvgIpc) is 2.88. The van der Waals surface area contributed by atoms with Crippen LogP contribution in [0.15, 0.2) is 60.7 Å². The van der Waals surface area contributed by atoms with E-state index in [-0.39, 0.29) is 0 Å². The second kappa shape index (κ2) is 14.9. The second-order valence-corrected chi connectivity index (χ2v) is 9.60. The van der Waals surface area contributed by atoms with Crippen LogP contribution in [0.4, 0.5) is 13.2 Å². The lowest BCUT2D eigenvalue weighted by Crippen LogP contribution is -2.13. The number of ether oxygens (including phenoxy) is 1. The Morgan fingerprint density at radius 2 is 1.28 bits per heavy atom. The van der Waals surface area contributed by atoms with E-state index in [1.54, 1.807) is 0 Å². The molecule has 0 aliphatic heterocycles. The highest BCUT2D eigenvalue weighted by molar-refractivity contribution is 5.91. The Kier molecular flexibility index (Phi) is 11.6. The molecule has 3 rings (SSSR count). The summed E-state index contributed by atoms with van der Waals surface area (Å²) in [6, 6.07) is 17.7. The Bertz CT molecular complexity index is 1030. The van der Waals surface area contributed by atoms with Gasteiger partial charge in [0.1, 0.15) is 5.75 Å². The van der Waals surface area contributed by atoms with E-state index in [4.69, 9.17) is 4.74 Å². The van der Waals surface area contributed by atoms with Crippen LogP contribution >= 0.6 is 0 Å². The molecule has 3 aromatic rings. The number of alkyl halides is 3. The SMILES string of the molecule is CCCCCCCCCCCCOc1ccc(CNCc2ccc(C(F)(F)F)cc2)c2ccccc12. The summed E-state index contributed by atoms with van der Waals surface area (Å²) in [5.41, 5.74) is 1.35. The molecular formula is C31H40F3NO. The van der Waals surface area contributed by atoms with Gasteiger partial charge in [0.15, 0.2) is 0 Å². The van der Waals surface area contributed by atoms with Crippen molar-refractivity contribution in [1.29, 1.82) is 0 Å². The first-order chi connectivity index (χ1) is 17.5. The molecule has 2 nitrogen and oxygen atoms in total. The van der Waals surface area contributed by atoms with Crippen molar-refractivity contribution in [3.8, 4) is 5.75 Å². The van der Waals surface area contributed by atoms with Crippen molar-refractivity contribution >= 4 is 10.8 Å². The van der Waals surface area contributed by atoms with E-state index >= 15 is 0 Å².